The Kier molecular flexibility index (Phi) is 4.85. The van der Waals surface area contributed by atoms with E-state index in [1.54, 1.807) is 18.7 Å². The normalized spacial score (nSPS) is 10.4. The smallest absolute Gasteiger partial charge is 0.312 e. The number of aryl methyl sites for hydroxylation is 2. The molecule has 0 saturated heterocycles. The summed E-state index contributed by atoms with van der Waals surface area (Å²) in [7, 11) is 1.77. The van der Waals surface area contributed by atoms with Gasteiger partial charge in [0.1, 0.15) is 0 Å². The Morgan fingerprint density at radius 1 is 1.48 bits per heavy atom. The predicted molar refractivity (Wildman–Crippen MR) is 84.9 cm³/mol. The van der Waals surface area contributed by atoms with Gasteiger partial charge in [-0.15, -0.1) is 0 Å². The largest absolute Gasteiger partial charge is 0.477 e. The molecule has 122 valence electrons. The topological polar surface area (TPSA) is 99.3 Å². The van der Waals surface area contributed by atoms with E-state index in [-0.39, 0.29) is 23.1 Å². The standard InChI is InChI=1S/C14H15ClN4O4/c1-8-14(9(2)18(3)17-8)16-13(20)7-23-12-5-4-10(15)6-11(12)19(21)22/h4-6H,7H2,1-3H3,(H,16,20). The Labute approximate surface area is 137 Å². The SMILES string of the molecule is Cc1nn(C)c(C)c1NC(=O)COc1ccc(Cl)cc1[N+](=O)[O-]. The van der Waals surface area contributed by atoms with Crippen LogP contribution in [0.15, 0.2) is 18.2 Å². The van der Waals surface area contributed by atoms with E-state index >= 15 is 0 Å². The molecule has 1 aromatic carbocycles. The van der Waals surface area contributed by atoms with E-state index in [4.69, 9.17) is 16.3 Å². The average molecular weight is 339 g/mol. The number of carbonyl (C=O) groups excluding carboxylic acids is 1. The zero-order valence-corrected chi connectivity index (χ0v) is 13.5. The van der Waals surface area contributed by atoms with Crippen molar-refractivity contribution in [2.45, 2.75) is 13.8 Å². The Morgan fingerprint density at radius 3 is 2.74 bits per heavy atom. The number of nitrogens with zero attached hydrogens (tertiary/aromatic N) is 3. The average Bonchev–Trinajstić information content (AvgIpc) is 2.72. The Balaban J connectivity index is 2.07. The Morgan fingerprint density at radius 2 is 2.17 bits per heavy atom. The van der Waals surface area contributed by atoms with Crippen molar-refractivity contribution in [3.05, 3.63) is 44.7 Å². The highest BCUT2D eigenvalue weighted by atomic mass is 35.5. The van der Waals surface area contributed by atoms with Gasteiger partial charge in [-0.25, -0.2) is 0 Å². The van der Waals surface area contributed by atoms with Crippen LogP contribution < -0.4 is 10.1 Å². The van der Waals surface area contributed by atoms with Gasteiger partial charge in [0.05, 0.1) is 22.0 Å². The van der Waals surface area contributed by atoms with Gasteiger partial charge < -0.3 is 10.1 Å². The zero-order valence-electron chi connectivity index (χ0n) is 12.8. The molecule has 0 unspecified atom stereocenters. The van der Waals surface area contributed by atoms with E-state index in [9.17, 15) is 14.9 Å². The lowest BCUT2D eigenvalue weighted by Gasteiger charge is -2.08. The fourth-order valence-electron chi connectivity index (χ4n) is 2.03. The minimum Gasteiger partial charge on any atom is -0.477 e. The van der Waals surface area contributed by atoms with E-state index in [1.165, 1.54) is 18.2 Å². The van der Waals surface area contributed by atoms with Gasteiger partial charge in [-0.3, -0.25) is 19.6 Å². The summed E-state index contributed by atoms with van der Waals surface area (Å²) in [6.45, 7) is 3.23. The van der Waals surface area contributed by atoms with Crippen LogP contribution in [0.3, 0.4) is 0 Å². The van der Waals surface area contributed by atoms with Gasteiger partial charge in [0.25, 0.3) is 5.91 Å². The molecule has 1 heterocycles. The van der Waals surface area contributed by atoms with Gasteiger partial charge in [-0.1, -0.05) is 11.6 Å². The molecule has 1 N–H and O–H groups in total. The number of nitro groups is 1. The molecule has 0 spiro atoms. The molecular formula is C14H15ClN4O4. The summed E-state index contributed by atoms with van der Waals surface area (Å²) < 4.78 is 6.88. The summed E-state index contributed by atoms with van der Waals surface area (Å²) in [5, 5.41) is 18.0. The zero-order chi connectivity index (χ0) is 17.1. The van der Waals surface area contributed by atoms with Gasteiger partial charge in [0, 0.05) is 18.1 Å². The van der Waals surface area contributed by atoms with Crippen molar-refractivity contribution >= 4 is 28.9 Å². The van der Waals surface area contributed by atoms with Crippen LogP contribution in [0.5, 0.6) is 5.75 Å². The van der Waals surface area contributed by atoms with E-state index in [0.717, 1.165) is 5.69 Å². The molecular weight excluding hydrogens is 324 g/mol. The predicted octanol–water partition coefficient (Wildman–Crippen LogP) is 2.62. The first-order valence-corrected chi connectivity index (χ1v) is 7.04. The monoisotopic (exact) mass is 338 g/mol. The van der Waals surface area contributed by atoms with Gasteiger partial charge in [-0.2, -0.15) is 5.10 Å². The van der Waals surface area contributed by atoms with Gasteiger partial charge in [-0.05, 0) is 26.0 Å². The van der Waals surface area contributed by atoms with E-state index in [2.05, 4.69) is 10.4 Å². The van der Waals surface area contributed by atoms with Crippen molar-refractivity contribution < 1.29 is 14.5 Å². The van der Waals surface area contributed by atoms with Crippen LogP contribution >= 0.6 is 11.6 Å². The van der Waals surface area contributed by atoms with Gasteiger partial charge >= 0.3 is 5.69 Å². The number of rotatable bonds is 5. The summed E-state index contributed by atoms with van der Waals surface area (Å²) in [6.07, 6.45) is 0. The van der Waals surface area contributed by atoms with Crippen molar-refractivity contribution in [2.75, 3.05) is 11.9 Å². The number of nitro benzene ring substituents is 1. The second-order valence-electron chi connectivity index (χ2n) is 4.88. The fraction of sp³-hybridized carbons (Fsp3) is 0.286. The molecule has 1 aromatic heterocycles. The maximum Gasteiger partial charge on any atom is 0.312 e. The van der Waals surface area contributed by atoms with Crippen LogP contribution in [0.1, 0.15) is 11.4 Å². The van der Waals surface area contributed by atoms with Crippen LogP contribution in [0.4, 0.5) is 11.4 Å². The van der Waals surface area contributed by atoms with Gasteiger partial charge in [0.15, 0.2) is 12.4 Å². The number of nitrogens with one attached hydrogen (secondary N) is 1. The summed E-state index contributed by atoms with van der Waals surface area (Å²) >= 11 is 5.72. The second-order valence-corrected chi connectivity index (χ2v) is 5.31. The number of carbonyl (C=O) groups is 1. The molecule has 9 heteroatoms. The molecule has 0 bridgehead atoms. The maximum atomic E-state index is 12.0. The van der Waals surface area contributed by atoms with E-state index < -0.39 is 10.8 Å². The molecule has 0 aliphatic rings. The third kappa shape index (κ3) is 3.78. The molecule has 23 heavy (non-hydrogen) atoms. The third-order valence-corrected chi connectivity index (χ3v) is 3.48. The summed E-state index contributed by atoms with van der Waals surface area (Å²) in [5.74, 6) is -0.456. The highest BCUT2D eigenvalue weighted by Gasteiger charge is 2.18. The molecule has 8 nitrogen and oxygen atoms in total. The molecule has 1 amide bonds. The molecule has 0 atom stereocenters. The lowest BCUT2D eigenvalue weighted by atomic mass is 10.3. The third-order valence-electron chi connectivity index (χ3n) is 3.25. The molecule has 0 radical (unpaired) electrons. The summed E-state index contributed by atoms with van der Waals surface area (Å²) in [6, 6.07) is 3.98. The van der Waals surface area contributed by atoms with Crippen molar-refractivity contribution in [1.82, 2.24) is 9.78 Å². The van der Waals surface area contributed by atoms with Crippen LogP contribution in [-0.2, 0) is 11.8 Å². The van der Waals surface area contributed by atoms with Gasteiger partial charge in [0.2, 0.25) is 0 Å². The first kappa shape index (κ1) is 16.8. The van der Waals surface area contributed by atoms with Crippen LogP contribution in [0.2, 0.25) is 5.02 Å². The minimum atomic E-state index is -0.617. The molecule has 2 rings (SSSR count). The fourth-order valence-corrected chi connectivity index (χ4v) is 2.19. The summed E-state index contributed by atoms with van der Waals surface area (Å²) in [5.41, 5.74) is 1.79. The Hall–Kier alpha value is -2.61. The second kappa shape index (κ2) is 6.66. The quantitative estimate of drug-likeness (QED) is 0.667. The molecule has 0 aliphatic heterocycles. The van der Waals surface area contributed by atoms with Crippen molar-refractivity contribution in [3.8, 4) is 5.75 Å². The van der Waals surface area contributed by atoms with Crippen molar-refractivity contribution in [1.29, 1.82) is 0 Å². The number of anilines is 1. The number of amides is 1. The lowest BCUT2D eigenvalue weighted by Crippen LogP contribution is -2.21. The number of aromatic nitrogens is 2. The van der Waals surface area contributed by atoms with Crippen LogP contribution in [0.25, 0.3) is 0 Å². The van der Waals surface area contributed by atoms with Crippen LogP contribution in [0, 0.1) is 24.0 Å². The lowest BCUT2D eigenvalue weighted by molar-refractivity contribution is -0.385. The molecule has 2 aromatic rings. The van der Waals surface area contributed by atoms with Crippen molar-refractivity contribution in [2.24, 2.45) is 7.05 Å². The van der Waals surface area contributed by atoms with Crippen LogP contribution in [-0.4, -0.2) is 27.2 Å². The molecule has 0 aliphatic carbocycles. The number of benzene rings is 1. The number of hydrogen-bond acceptors (Lipinski definition) is 5. The van der Waals surface area contributed by atoms with E-state index in [1.807, 2.05) is 6.92 Å². The first-order chi connectivity index (χ1) is 10.8. The summed E-state index contributed by atoms with van der Waals surface area (Å²) in [4.78, 5) is 22.3. The number of halogens is 1. The molecule has 0 saturated carbocycles. The number of hydrogen-bond donors (Lipinski definition) is 1. The minimum absolute atomic E-state index is 0.0193. The first-order valence-electron chi connectivity index (χ1n) is 6.66. The maximum absolute atomic E-state index is 12.0. The van der Waals surface area contributed by atoms with E-state index in [0.29, 0.717) is 11.4 Å². The Bertz CT molecular complexity index is 772. The number of ether oxygens (including phenoxy) is 1. The van der Waals surface area contributed by atoms with Crippen molar-refractivity contribution in [3.63, 3.8) is 0 Å². The molecule has 0 fully saturated rings. The highest BCUT2D eigenvalue weighted by molar-refractivity contribution is 6.30. The highest BCUT2D eigenvalue weighted by Crippen LogP contribution is 2.29.